The van der Waals surface area contributed by atoms with Crippen molar-refractivity contribution in [2.45, 2.75) is 26.3 Å². The summed E-state index contributed by atoms with van der Waals surface area (Å²) in [5.74, 6) is -0.771. The van der Waals surface area contributed by atoms with E-state index in [4.69, 9.17) is 10.5 Å². The van der Waals surface area contributed by atoms with Crippen LogP contribution in [0.5, 0.6) is 0 Å². The Morgan fingerprint density at radius 2 is 2.11 bits per heavy atom. The van der Waals surface area contributed by atoms with Gasteiger partial charge < -0.3 is 15.8 Å². The van der Waals surface area contributed by atoms with Gasteiger partial charge in [-0.15, -0.1) is 0 Å². The molecule has 0 fully saturated rings. The molecule has 1 aromatic carbocycles. The number of hydrogen-bond acceptors (Lipinski definition) is 4. The summed E-state index contributed by atoms with van der Waals surface area (Å²) >= 11 is 0. The van der Waals surface area contributed by atoms with Crippen LogP contribution in [0.25, 0.3) is 0 Å². The lowest BCUT2D eigenvalue weighted by molar-refractivity contribution is -0.144. The highest BCUT2D eigenvalue weighted by Crippen LogP contribution is 2.12. The number of methoxy groups -OCH3 is 1. The van der Waals surface area contributed by atoms with Crippen LogP contribution in [-0.4, -0.2) is 25.0 Å². The van der Waals surface area contributed by atoms with Crippen LogP contribution in [0.1, 0.15) is 30.6 Å². The van der Waals surface area contributed by atoms with Crippen LogP contribution in [-0.2, 0) is 9.53 Å². The molecule has 0 spiro atoms. The summed E-state index contributed by atoms with van der Waals surface area (Å²) in [4.78, 5) is 23.8. The smallest absolute Gasteiger partial charge is 0.328 e. The van der Waals surface area contributed by atoms with E-state index < -0.39 is 12.0 Å². The topological polar surface area (TPSA) is 81.4 Å². The Bertz CT molecular complexity index is 460. The number of nitrogen functional groups attached to an aromatic ring is 1. The van der Waals surface area contributed by atoms with Gasteiger partial charge >= 0.3 is 5.97 Å². The van der Waals surface area contributed by atoms with Crippen molar-refractivity contribution in [2.24, 2.45) is 5.92 Å². The maximum absolute atomic E-state index is 12.1. The predicted molar refractivity (Wildman–Crippen MR) is 73.6 cm³/mol. The van der Waals surface area contributed by atoms with Crippen molar-refractivity contribution in [1.82, 2.24) is 5.32 Å². The van der Waals surface area contributed by atoms with Gasteiger partial charge in [-0.05, 0) is 24.1 Å². The molecule has 104 valence electrons. The highest BCUT2D eigenvalue weighted by Gasteiger charge is 2.26. The highest BCUT2D eigenvalue weighted by atomic mass is 16.5. The number of nitrogens with two attached hydrogens (primary N) is 1. The molecule has 0 aliphatic rings. The van der Waals surface area contributed by atoms with E-state index in [1.165, 1.54) is 7.11 Å². The summed E-state index contributed by atoms with van der Waals surface area (Å²) in [6.07, 6.45) is 0.761. The molecule has 3 N–H and O–H groups in total. The number of esters is 1. The standard InChI is InChI=1S/C14H20N2O3/c1-4-9(2)12(14(18)19-3)16-13(17)10-6-5-7-11(15)8-10/h5-9,12H,4,15H2,1-3H3,(H,16,17)/t9?,12-/m1/s1. The van der Waals surface area contributed by atoms with Crippen molar-refractivity contribution in [3.63, 3.8) is 0 Å². The van der Waals surface area contributed by atoms with Gasteiger partial charge in [0.2, 0.25) is 0 Å². The van der Waals surface area contributed by atoms with Crippen LogP contribution in [0, 0.1) is 5.92 Å². The number of nitrogens with one attached hydrogen (secondary N) is 1. The first-order valence-electron chi connectivity index (χ1n) is 6.23. The Hall–Kier alpha value is -2.04. The van der Waals surface area contributed by atoms with E-state index in [9.17, 15) is 9.59 Å². The normalized spacial score (nSPS) is 13.4. The van der Waals surface area contributed by atoms with Crippen molar-refractivity contribution in [2.75, 3.05) is 12.8 Å². The first-order chi connectivity index (χ1) is 8.99. The second kappa shape index (κ2) is 6.78. The van der Waals surface area contributed by atoms with Gasteiger partial charge in [0.15, 0.2) is 0 Å². The lowest BCUT2D eigenvalue weighted by Gasteiger charge is -2.21. The number of amides is 1. The van der Waals surface area contributed by atoms with Gasteiger partial charge in [0, 0.05) is 11.3 Å². The van der Waals surface area contributed by atoms with E-state index in [0.717, 1.165) is 6.42 Å². The van der Waals surface area contributed by atoms with Crippen molar-refractivity contribution in [3.8, 4) is 0 Å². The summed E-state index contributed by atoms with van der Waals surface area (Å²) < 4.78 is 4.72. The molecular formula is C14H20N2O3. The van der Waals surface area contributed by atoms with Crippen LogP contribution in [0.4, 0.5) is 5.69 Å². The SMILES string of the molecule is CCC(C)[C@@H](NC(=O)c1cccc(N)c1)C(=O)OC. The number of rotatable bonds is 5. The molecule has 0 radical (unpaired) electrons. The molecule has 0 bridgehead atoms. The van der Waals surface area contributed by atoms with E-state index >= 15 is 0 Å². The molecule has 1 amide bonds. The van der Waals surface area contributed by atoms with E-state index in [1.54, 1.807) is 24.3 Å². The van der Waals surface area contributed by atoms with E-state index in [2.05, 4.69) is 5.32 Å². The zero-order chi connectivity index (χ0) is 14.4. The minimum Gasteiger partial charge on any atom is -0.467 e. The third-order valence-electron chi connectivity index (χ3n) is 3.10. The largest absolute Gasteiger partial charge is 0.467 e. The third kappa shape index (κ3) is 3.98. The minimum absolute atomic E-state index is 0.00235. The molecule has 0 saturated heterocycles. The average Bonchev–Trinajstić information content (AvgIpc) is 2.42. The predicted octanol–water partition coefficient (Wildman–Crippen LogP) is 1.59. The van der Waals surface area contributed by atoms with Gasteiger partial charge in [0.1, 0.15) is 6.04 Å². The van der Waals surface area contributed by atoms with Gasteiger partial charge in [-0.2, -0.15) is 0 Å². The number of hydrogen-bond donors (Lipinski definition) is 2. The Kier molecular flexibility index (Phi) is 5.36. The van der Waals surface area contributed by atoms with Crippen LogP contribution in [0.3, 0.4) is 0 Å². The molecule has 19 heavy (non-hydrogen) atoms. The van der Waals surface area contributed by atoms with Gasteiger partial charge in [0.25, 0.3) is 5.91 Å². The van der Waals surface area contributed by atoms with Crippen LogP contribution < -0.4 is 11.1 Å². The van der Waals surface area contributed by atoms with Crippen molar-refractivity contribution in [1.29, 1.82) is 0 Å². The summed E-state index contributed by atoms with van der Waals surface area (Å²) in [5, 5.41) is 2.69. The monoisotopic (exact) mass is 264 g/mol. The average molecular weight is 264 g/mol. The van der Waals surface area contributed by atoms with Gasteiger partial charge in [0.05, 0.1) is 7.11 Å². The summed E-state index contributed by atoms with van der Waals surface area (Å²) in [6.45, 7) is 3.84. The van der Waals surface area contributed by atoms with Crippen molar-refractivity contribution >= 4 is 17.6 Å². The summed E-state index contributed by atoms with van der Waals surface area (Å²) in [5.41, 5.74) is 6.56. The van der Waals surface area contributed by atoms with Gasteiger partial charge in [-0.25, -0.2) is 4.79 Å². The number of anilines is 1. The number of benzene rings is 1. The van der Waals surface area contributed by atoms with Crippen LogP contribution >= 0.6 is 0 Å². The summed E-state index contributed by atoms with van der Waals surface area (Å²) in [6, 6.07) is 5.96. The van der Waals surface area contributed by atoms with E-state index in [1.807, 2.05) is 13.8 Å². The number of carbonyl (C=O) groups is 2. The molecule has 5 heteroatoms. The lowest BCUT2D eigenvalue weighted by Crippen LogP contribution is -2.45. The summed E-state index contributed by atoms with van der Waals surface area (Å²) in [7, 11) is 1.31. The Labute approximate surface area is 113 Å². The van der Waals surface area contributed by atoms with Crippen LogP contribution in [0.15, 0.2) is 24.3 Å². The molecule has 1 aromatic rings. The minimum atomic E-state index is -0.649. The molecule has 0 heterocycles. The van der Waals surface area contributed by atoms with Crippen molar-refractivity contribution < 1.29 is 14.3 Å². The molecule has 1 unspecified atom stereocenters. The second-order valence-electron chi connectivity index (χ2n) is 4.49. The zero-order valence-electron chi connectivity index (χ0n) is 11.5. The van der Waals surface area contributed by atoms with Gasteiger partial charge in [-0.3, -0.25) is 4.79 Å². The third-order valence-corrected chi connectivity index (χ3v) is 3.10. The van der Waals surface area contributed by atoms with Gasteiger partial charge in [-0.1, -0.05) is 26.3 Å². The van der Waals surface area contributed by atoms with Crippen molar-refractivity contribution in [3.05, 3.63) is 29.8 Å². The Balaban J connectivity index is 2.84. The Morgan fingerprint density at radius 1 is 1.42 bits per heavy atom. The molecule has 5 nitrogen and oxygen atoms in total. The van der Waals surface area contributed by atoms with E-state index in [0.29, 0.717) is 11.3 Å². The molecular weight excluding hydrogens is 244 g/mol. The second-order valence-corrected chi connectivity index (χ2v) is 4.49. The lowest BCUT2D eigenvalue weighted by atomic mass is 9.99. The fourth-order valence-corrected chi connectivity index (χ4v) is 1.70. The van der Waals surface area contributed by atoms with Crippen LogP contribution in [0.2, 0.25) is 0 Å². The molecule has 0 aliphatic heterocycles. The number of carbonyl (C=O) groups excluding carboxylic acids is 2. The molecule has 2 atom stereocenters. The fraction of sp³-hybridized carbons (Fsp3) is 0.429. The molecule has 1 rings (SSSR count). The molecule has 0 aromatic heterocycles. The molecule has 0 aliphatic carbocycles. The highest BCUT2D eigenvalue weighted by molar-refractivity contribution is 5.97. The number of ether oxygens (including phenoxy) is 1. The molecule has 0 saturated carbocycles. The first kappa shape index (κ1) is 15.0. The van der Waals surface area contributed by atoms with E-state index in [-0.39, 0.29) is 11.8 Å². The Morgan fingerprint density at radius 3 is 2.63 bits per heavy atom. The first-order valence-corrected chi connectivity index (χ1v) is 6.23. The maximum Gasteiger partial charge on any atom is 0.328 e. The quantitative estimate of drug-likeness (QED) is 0.625. The maximum atomic E-state index is 12.1. The zero-order valence-corrected chi connectivity index (χ0v) is 11.5. The fourth-order valence-electron chi connectivity index (χ4n) is 1.70.